The van der Waals surface area contributed by atoms with Gasteiger partial charge in [0, 0.05) is 19.6 Å². The summed E-state index contributed by atoms with van der Waals surface area (Å²) in [6.07, 6.45) is 0.0506. The number of hydrogen-bond acceptors (Lipinski definition) is 4. The Morgan fingerprint density at radius 1 is 0.759 bits per heavy atom. The number of rotatable bonds is 8. The minimum Gasteiger partial charge on any atom is -0.487 e. The third-order valence-corrected chi connectivity index (χ3v) is 4.98. The number of ether oxygens (including phenoxy) is 3. The third kappa shape index (κ3) is 5.83. The van der Waals surface area contributed by atoms with E-state index >= 15 is 0 Å². The summed E-state index contributed by atoms with van der Waals surface area (Å²) in [5.74, 6) is 1.51. The molecule has 1 fully saturated rings. The summed E-state index contributed by atoms with van der Waals surface area (Å²) in [4.78, 5) is 2.42. The van der Waals surface area contributed by atoms with E-state index in [9.17, 15) is 0 Å². The van der Waals surface area contributed by atoms with Crippen molar-refractivity contribution in [2.75, 3.05) is 26.3 Å². The molecule has 0 amide bonds. The molecule has 0 aliphatic carbocycles. The molecular weight excluding hydrogens is 362 g/mol. The van der Waals surface area contributed by atoms with Gasteiger partial charge < -0.3 is 14.2 Å². The molecule has 1 aliphatic heterocycles. The van der Waals surface area contributed by atoms with Crippen LogP contribution in [0.5, 0.6) is 11.5 Å². The maximum Gasteiger partial charge on any atom is 0.161 e. The molecule has 1 unspecified atom stereocenters. The molecule has 1 atom stereocenters. The topological polar surface area (TPSA) is 30.9 Å². The first-order valence-corrected chi connectivity index (χ1v) is 10.1. The smallest absolute Gasteiger partial charge is 0.161 e. The van der Waals surface area contributed by atoms with Crippen LogP contribution in [-0.4, -0.2) is 37.3 Å². The number of benzene rings is 3. The van der Waals surface area contributed by atoms with E-state index in [1.165, 1.54) is 5.56 Å². The molecule has 4 rings (SSSR count). The summed E-state index contributed by atoms with van der Waals surface area (Å²) in [5, 5.41) is 0. The number of hydrogen-bond donors (Lipinski definition) is 0. The largest absolute Gasteiger partial charge is 0.487 e. The van der Waals surface area contributed by atoms with Gasteiger partial charge >= 0.3 is 0 Å². The van der Waals surface area contributed by atoms with Gasteiger partial charge in [-0.25, -0.2) is 0 Å². The SMILES string of the molecule is c1ccc(COc2ccccc2OCC2CN(Cc3ccccc3)CCO2)cc1. The lowest BCUT2D eigenvalue weighted by molar-refractivity contribution is -0.0507. The summed E-state index contributed by atoms with van der Waals surface area (Å²) in [6.45, 7) is 4.51. The first-order chi connectivity index (χ1) is 14.4. The first-order valence-electron chi connectivity index (χ1n) is 10.1. The van der Waals surface area contributed by atoms with Crippen molar-refractivity contribution < 1.29 is 14.2 Å². The fraction of sp³-hybridized carbons (Fsp3) is 0.280. The van der Waals surface area contributed by atoms with Gasteiger partial charge in [0.2, 0.25) is 0 Å². The Bertz CT molecular complexity index is 870. The quantitative estimate of drug-likeness (QED) is 0.566. The van der Waals surface area contributed by atoms with Crippen LogP contribution in [0.3, 0.4) is 0 Å². The highest BCUT2D eigenvalue weighted by Gasteiger charge is 2.21. The Morgan fingerprint density at radius 2 is 1.38 bits per heavy atom. The van der Waals surface area contributed by atoms with Crippen LogP contribution in [0.4, 0.5) is 0 Å². The third-order valence-electron chi connectivity index (χ3n) is 4.98. The summed E-state index contributed by atoms with van der Waals surface area (Å²) >= 11 is 0. The van der Waals surface area contributed by atoms with Gasteiger partial charge in [0.05, 0.1) is 6.61 Å². The lowest BCUT2D eigenvalue weighted by atomic mass is 10.2. The minimum atomic E-state index is 0.0506. The van der Waals surface area contributed by atoms with Crippen molar-refractivity contribution in [1.29, 1.82) is 0 Å². The highest BCUT2D eigenvalue weighted by Crippen LogP contribution is 2.27. The molecule has 3 aromatic rings. The van der Waals surface area contributed by atoms with Gasteiger partial charge in [-0.3, -0.25) is 4.90 Å². The Labute approximate surface area is 172 Å². The van der Waals surface area contributed by atoms with E-state index in [1.54, 1.807) is 0 Å². The maximum atomic E-state index is 6.09. The molecule has 0 N–H and O–H groups in total. The fourth-order valence-corrected chi connectivity index (χ4v) is 3.47. The number of para-hydroxylation sites is 2. The van der Waals surface area contributed by atoms with Crippen LogP contribution in [0.1, 0.15) is 11.1 Å². The van der Waals surface area contributed by atoms with Crippen molar-refractivity contribution in [2.24, 2.45) is 0 Å². The van der Waals surface area contributed by atoms with Crippen molar-refractivity contribution in [1.82, 2.24) is 4.90 Å². The second-order valence-corrected chi connectivity index (χ2v) is 7.25. The second kappa shape index (κ2) is 10.1. The van der Waals surface area contributed by atoms with Crippen molar-refractivity contribution in [2.45, 2.75) is 19.3 Å². The van der Waals surface area contributed by atoms with Crippen molar-refractivity contribution in [3.05, 3.63) is 96.1 Å². The average Bonchev–Trinajstić information content (AvgIpc) is 2.78. The zero-order chi connectivity index (χ0) is 19.7. The molecule has 29 heavy (non-hydrogen) atoms. The fourth-order valence-electron chi connectivity index (χ4n) is 3.47. The summed E-state index contributed by atoms with van der Waals surface area (Å²) in [6, 6.07) is 28.5. The predicted octanol–water partition coefficient (Wildman–Crippen LogP) is 4.55. The molecule has 3 aromatic carbocycles. The van der Waals surface area contributed by atoms with Crippen LogP contribution < -0.4 is 9.47 Å². The van der Waals surface area contributed by atoms with Crippen LogP contribution >= 0.6 is 0 Å². The summed E-state index contributed by atoms with van der Waals surface area (Å²) in [5.41, 5.74) is 2.46. The van der Waals surface area contributed by atoms with E-state index in [4.69, 9.17) is 14.2 Å². The highest BCUT2D eigenvalue weighted by molar-refractivity contribution is 5.39. The van der Waals surface area contributed by atoms with Gasteiger partial charge in [0.15, 0.2) is 11.5 Å². The molecule has 1 heterocycles. The average molecular weight is 389 g/mol. The summed E-state index contributed by atoms with van der Waals surface area (Å²) < 4.78 is 18.0. The molecule has 1 saturated heterocycles. The van der Waals surface area contributed by atoms with Crippen molar-refractivity contribution in [3.63, 3.8) is 0 Å². The lowest BCUT2D eigenvalue weighted by Crippen LogP contribution is -2.44. The Balaban J connectivity index is 1.30. The molecule has 0 saturated carbocycles. The van der Waals surface area contributed by atoms with Crippen LogP contribution in [0.25, 0.3) is 0 Å². The van der Waals surface area contributed by atoms with Gasteiger partial charge in [-0.15, -0.1) is 0 Å². The van der Waals surface area contributed by atoms with E-state index < -0.39 is 0 Å². The molecule has 0 radical (unpaired) electrons. The lowest BCUT2D eigenvalue weighted by Gasteiger charge is -2.32. The molecule has 150 valence electrons. The number of morpholine rings is 1. The van der Waals surface area contributed by atoms with Crippen LogP contribution in [0.15, 0.2) is 84.9 Å². The van der Waals surface area contributed by atoms with E-state index in [1.807, 2.05) is 42.5 Å². The molecule has 4 nitrogen and oxygen atoms in total. The van der Waals surface area contributed by atoms with E-state index in [2.05, 4.69) is 47.4 Å². The Kier molecular flexibility index (Phi) is 6.79. The predicted molar refractivity (Wildman–Crippen MR) is 114 cm³/mol. The summed E-state index contributed by atoms with van der Waals surface area (Å²) in [7, 11) is 0. The first kappa shape index (κ1) is 19.5. The Hall–Kier alpha value is -2.82. The maximum absolute atomic E-state index is 6.09. The number of nitrogens with zero attached hydrogens (tertiary/aromatic N) is 1. The second-order valence-electron chi connectivity index (χ2n) is 7.25. The Morgan fingerprint density at radius 3 is 2.10 bits per heavy atom. The zero-order valence-electron chi connectivity index (χ0n) is 16.6. The van der Waals surface area contributed by atoms with Gasteiger partial charge in [-0.1, -0.05) is 72.8 Å². The normalized spacial score (nSPS) is 17.0. The van der Waals surface area contributed by atoms with Crippen molar-refractivity contribution >= 4 is 0 Å². The molecule has 1 aliphatic rings. The molecule has 4 heteroatoms. The molecule has 0 aromatic heterocycles. The van der Waals surface area contributed by atoms with Crippen molar-refractivity contribution in [3.8, 4) is 11.5 Å². The van der Waals surface area contributed by atoms with Crippen LogP contribution in [-0.2, 0) is 17.9 Å². The van der Waals surface area contributed by atoms with Gasteiger partial charge in [-0.05, 0) is 23.3 Å². The van der Waals surface area contributed by atoms with E-state index in [-0.39, 0.29) is 6.10 Å². The van der Waals surface area contributed by atoms with E-state index in [0.29, 0.717) is 13.2 Å². The monoisotopic (exact) mass is 389 g/mol. The molecule has 0 spiro atoms. The van der Waals surface area contributed by atoms with E-state index in [0.717, 1.165) is 43.3 Å². The highest BCUT2D eigenvalue weighted by atomic mass is 16.5. The van der Waals surface area contributed by atoms with Crippen LogP contribution in [0, 0.1) is 0 Å². The van der Waals surface area contributed by atoms with Gasteiger partial charge in [0.25, 0.3) is 0 Å². The molecule has 0 bridgehead atoms. The standard InChI is InChI=1S/C25H27NO3/c1-3-9-21(10-4-1)17-26-15-16-27-23(18-26)20-29-25-14-8-7-13-24(25)28-19-22-11-5-2-6-12-22/h1-14,23H,15-20H2. The van der Waals surface area contributed by atoms with Crippen LogP contribution in [0.2, 0.25) is 0 Å². The molecular formula is C25H27NO3. The minimum absolute atomic E-state index is 0.0506. The van der Waals surface area contributed by atoms with Gasteiger partial charge in [0.1, 0.15) is 19.3 Å². The zero-order valence-corrected chi connectivity index (χ0v) is 16.6. The van der Waals surface area contributed by atoms with Gasteiger partial charge in [-0.2, -0.15) is 0 Å².